The average molecular weight is 248 g/mol. The lowest BCUT2D eigenvalue weighted by Crippen LogP contribution is -2.29. The first-order valence-corrected chi connectivity index (χ1v) is 7.42. The first kappa shape index (κ1) is 12.6. The van der Waals surface area contributed by atoms with Crippen molar-refractivity contribution >= 4 is 11.3 Å². The van der Waals surface area contributed by atoms with Crippen LogP contribution in [0, 0.1) is 17.2 Å². The molecule has 1 saturated carbocycles. The molecule has 92 valence electrons. The molecule has 1 aromatic rings. The Balaban J connectivity index is 1.74. The molecule has 0 spiro atoms. The number of thiophene rings is 1. The van der Waals surface area contributed by atoms with Gasteiger partial charge in [-0.3, -0.25) is 5.32 Å². The van der Waals surface area contributed by atoms with Gasteiger partial charge in [0.2, 0.25) is 0 Å². The van der Waals surface area contributed by atoms with Crippen molar-refractivity contribution in [3.05, 3.63) is 22.4 Å². The Morgan fingerprint density at radius 3 is 2.88 bits per heavy atom. The third-order valence-electron chi connectivity index (χ3n) is 3.55. The highest BCUT2D eigenvalue weighted by atomic mass is 32.1. The Morgan fingerprint density at radius 2 is 2.24 bits per heavy atom. The fourth-order valence-electron chi connectivity index (χ4n) is 2.57. The van der Waals surface area contributed by atoms with Gasteiger partial charge in [-0.25, -0.2) is 0 Å². The maximum Gasteiger partial charge on any atom is 0.0958 e. The Labute approximate surface area is 108 Å². The maximum atomic E-state index is 9.18. The molecule has 1 aliphatic carbocycles. The second-order valence-electron chi connectivity index (χ2n) is 4.88. The van der Waals surface area contributed by atoms with E-state index >= 15 is 0 Å². The van der Waals surface area contributed by atoms with Crippen molar-refractivity contribution < 1.29 is 0 Å². The predicted octanol–water partition coefficient (Wildman–Crippen LogP) is 3.70. The van der Waals surface area contributed by atoms with E-state index < -0.39 is 0 Å². The molecule has 0 aromatic carbocycles. The first-order valence-electron chi connectivity index (χ1n) is 6.54. The number of hydrogen-bond donors (Lipinski definition) is 1. The van der Waals surface area contributed by atoms with E-state index in [9.17, 15) is 5.26 Å². The Hall–Kier alpha value is -0.850. The lowest BCUT2D eigenvalue weighted by molar-refractivity contribution is 0.317. The van der Waals surface area contributed by atoms with E-state index in [1.807, 2.05) is 0 Å². The van der Waals surface area contributed by atoms with Gasteiger partial charge in [0.15, 0.2) is 0 Å². The highest BCUT2D eigenvalue weighted by Crippen LogP contribution is 2.27. The van der Waals surface area contributed by atoms with E-state index in [-0.39, 0.29) is 6.04 Å². The normalized spacial score (nSPS) is 18.8. The smallest absolute Gasteiger partial charge is 0.0958 e. The predicted molar refractivity (Wildman–Crippen MR) is 71.8 cm³/mol. The van der Waals surface area contributed by atoms with Crippen LogP contribution in [0.2, 0.25) is 0 Å². The molecule has 0 saturated heterocycles. The molecule has 1 aliphatic rings. The van der Waals surface area contributed by atoms with E-state index in [2.05, 4.69) is 28.9 Å². The van der Waals surface area contributed by atoms with Gasteiger partial charge in [-0.15, -0.1) is 11.3 Å². The third kappa shape index (κ3) is 4.14. The zero-order valence-electron chi connectivity index (χ0n) is 10.2. The molecular formula is C14H20N2S. The van der Waals surface area contributed by atoms with E-state index in [0.29, 0.717) is 0 Å². The molecule has 0 amide bonds. The molecule has 0 radical (unpaired) electrons. The molecule has 1 unspecified atom stereocenters. The van der Waals surface area contributed by atoms with Crippen LogP contribution in [0.5, 0.6) is 0 Å². The number of nitrogens with one attached hydrogen (secondary N) is 1. The minimum atomic E-state index is 0.0280. The minimum absolute atomic E-state index is 0.0280. The van der Waals surface area contributed by atoms with Gasteiger partial charge in [0.25, 0.3) is 0 Å². The molecular weight excluding hydrogens is 228 g/mol. The lowest BCUT2D eigenvalue weighted by Gasteiger charge is -2.23. The monoisotopic (exact) mass is 248 g/mol. The summed E-state index contributed by atoms with van der Waals surface area (Å²) in [5.74, 6) is 0.768. The Morgan fingerprint density at radius 1 is 1.41 bits per heavy atom. The van der Waals surface area contributed by atoms with Crippen LogP contribution in [0.15, 0.2) is 17.5 Å². The maximum absolute atomic E-state index is 9.18. The molecule has 3 heteroatoms. The second kappa shape index (κ2) is 6.78. The van der Waals surface area contributed by atoms with Crippen molar-refractivity contribution in [1.29, 1.82) is 5.26 Å². The van der Waals surface area contributed by atoms with Crippen LogP contribution < -0.4 is 5.32 Å². The topological polar surface area (TPSA) is 35.8 Å². The molecule has 17 heavy (non-hydrogen) atoms. The van der Waals surface area contributed by atoms with Gasteiger partial charge < -0.3 is 0 Å². The number of rotatable bonds is 5. The summed E-state index contributed by atoms with van der Waals surface area (Å²) in [5.41, 5.74) is 0. The Bertz CT molecular complexity index is 347. The number of hydrogen-bond acceptors (Lipinski definition) is 3. The SMILES string of the molecule is N#CC(CC1CCCCC1)NCc1cccs1. The summed E-state index contributed by atoms with van der Waals surface area (Å²) in [5, 5.41) is 14.6. The second-order valence-corrected chi connectivity index (χ2v) is 5.91. The molecule has 1 N–H and O–H groups in total. The van der Waals surface area contributed by atoms with Gasteiger partial charge in [0, 0.05) is 11.4 Å². The van der Waals surface area contributed by atoms with Crippen LogP contribution >= 0.6 is 11.3 Å². The fourth-order valence-corrected chi connectivity index (χ4v) is 3.23. The van der Waals surface area contributed by atoms with Crippen LogP contribution in [0.1, 0.15) is 43.4 Å². The molecule has 2 nitrogen and oxygen atoms in total. The van der Waals surface area contributed by atoms with Crippen molar-refractivity contribution in [2.75, 3.05) is 0 Å². The number of nitrogens with zero attached hydrogens (tertiary/aromatic N) is 1. The summed E-state index contributed by atoms with van der Waals surface area (Å²) in [4.78, 5) is 1.31. The van der Waals surface area contributed by atoms with Gasteiger partial charge in [0.1, 0.15) is 0 Å². The Kier molecular flexibility index (Phi) is 5.03. The third-order valence-corrected chi connectivity index (χ3v) is 4.43. The van der Waals surface area contributed by atoms with Gasteiger partial charge >= 0.3 is 0 Å². The largest absolute Gasteiger partial charge is 0.297 e. The summed E-state index contributed by atoms with van der Waals surface area (Å²) in [6.45, 7) is 0.836. The molecule has 1 aromatic heterocycles. The van der Waals surface area contributed by atoms with Crippen molar-refractivity contribution in [2.45, 2.75) is 51.1 Å². The zero-order chi connectivity index (χ0) is 11.9. The highest BCUT2D eigenvalue weighted by Gasteiger charge is 2.18. The van der Waals surface area contributed by atoms with Crippen molar-refractivity contribution in [3.8, 4) is 6.07 Å². The minimum Gasteiger partial charge on any atom is -0.297 e. The molecule has 0 bridgehead atoms. The van der Waals surface area contributed by atoms with Crippen LogP contribution in [-0.4, -0.2) is 6.04 Å². The molecule has 1 fully saturated rings. The zero-order valence-corrected chi connectivity index (χ0v) is 11.0. The number of nitriles is 1. The summed E-state index contributed by atoms with van der Waals surface area (Å²) >= 11 is 1.75. The van der Waals surface area contributed by atoms with E-state index in [1.165, 1.54) is 37.0 Å². The molecule has 2 rings (SSSR count). The van der Waals surface area contributed by atoms with E-state index in [1.54, 1.807) is 11.3 Å². The summed E-state index contributed by atoms with van der Waals surface area (Å²) in [6, 6.07) is 6.61. The molecule has 1 atom stereocenters. The van der Waals surface area contributed by atoms with Crippen LogP contribution in [0.3, 0.4) is 0 Å². The lowest BCUT2D eigenvalue weighted by atomic mass is 9.85. The summed E-state index contributed by atoms with van der Waals surface area (Å²) in [6.07, 6.45) is 7.76. The van der Waals surface area contributed by atoms with Crippen LogP contribution in [0.25, 0.3) is 0 Å². The van der Waals surface area contributed by atoms with Gasteiger partial charge in [0.05, 0.1) is 12.1 Å². The standard InChI is InChI=1S/C14H20N2S/c15-10-13(9-12-5-2-1-3-6-12)16-11-14-7-4-8-17-14/h4,7-8,12-13,16H,1-3,5-6,9,11H2. The van der Waals surface area contributed by atoms with E-state index in [0.717, 1.165) is 18.9 Å². The van der Waals surface area contributed by atoms with Crippen LogP contribution in [0.4, 0.5) is 0 Å². The van der Waals surface area contributed by atoms with Gasteiger partial charge in [-0.2, -0.15) is 5.26 Å². The van der Waals surface area contributed by atoms with Crippen molar-refractivity contribution in [1.82, 2.24) is 5.32 Å². The van der Waals surface area contributed by atoms with Gasteiger partial charge in [-0.1, -0.05) is 38.2 Å². The molecule has 0 aliphatic heterocycles. The quantitative estimate of drug-likeness (QED) is 0.862. The molecule has 1 heterocycles. The van der Waals surface area contributed by atoms with Crippen molar-refractivity contribution in [2.24, 2.45) is 5.92 Å². The first-order chi connectivity index (χ1) is 8.38. The van der Waals surface area contributed by atoms with Crippen LogP contribution in [-0.2, 0) is 6.54 Å². The van der Waals surface area contributed by atoms with E-state index in [4.69, 9.17) is 0 Å². The van der Waals surface area contributed by atoms with Gasteiger partial charge in [-0.05, 0) is 23.8 Å². The summed E-state index contributed by atoms with van der Waals surface area (Å²) in [7, 11) is 0. The van der Waals surface area contributed by atoms with Crippen molar-refractivity contribution in [3.63, 3.8) is 0 Å². The average Bonchev–Trinajstić information content (AvgIpc) is 2.89. The highest BCUT2D eigenvalue weighted by molar-refractivity contribution is 7.09. The fraction of sp³-hybridized carbons (Fsp3) is 0.643. The summed E-state index contributed by atoms with van der Waals surface area (Å²) < 4.78 is 0.